The summed E-state index contributed by atoms with van der Waals surface area (Å²) in [7, 11) is 4.37. The highest BCUT2D eigenvalue weighted by Gasteiger charge is 2.36. The van der Waals surface area contributed by atoms with Gasteiger partial charge in [0.25, 0.3) is 0 Å². The third kappa shape index (κ3) is 2.40. The van der Waals surface area contributed by atoms with Crippen LogP contribution in [0.1, 0.15) is 44.4 Å². The molecule has 0 amide bonds. The topological polar surface area (TPSA) is 8.17 Å². The van der Waals surface area contributed by atoms with E-state index in [1.165, 1.54) is 43.1 Å². The summed E-state index contributed by atoms with van der Waals surface area (Å²) in [6.45, 7) is 7.02. The van der Waals surface area contributed by atoms with Gasteiger partial charge < -0.3 is 9.47 Å². The molecule has 1 aliphatic rings. The standard InChI is InChI=1S/C19H28N2/c1-5-21-17-11-7-6-9-15(17)16-10-8-12-19(2,18(16)21)13-14-20(3)4/h6-7,9,11H,5,8,10,12-14H2,1-4H3/t19-/m0/s1. The number of aromatic nitrogens is 1. The minimum absolute atomic E-state index is 0.326. The highest BCUT2D eigenvalue weighted by molar-refractivity contribution is 5.86. The number of hydrogen-bond acceptors (Lipinski definition) is 1. The highest BCUT2D eigenvalue weighted by Crippen LogP contribution is 2.44. The van der Waals surface area contributed by atoms with E-state index in [1.54, 1.807) is 11.3 Å². The summed E-state index contributed by atoms with van der Waals surface area (Å²) in [5.74, 6) is 0. The van der Waals surface area contributed by atoms with Gasteiger partial charge in [-0.05, 0) is 64.9 Å². The molecule has 0 bridgehead atoms. The summed E-state index contributed by atoms with van der Waals surface area (Å²) < 4.78 is 2.58. The third-order valence-electron chi connectivity index (χ3n) is 5.23. The first-order chi connectivity index (χ1) is 10.1. The van der Waals surface area contributed by atoms with Crippen molar-refractivity contribution in [3.63, 3.8) is 0 Å². The number of para-hydroxylation sites is 1. The molecule has 1 aromatic heterocycles. The molecule has 114 valence electrons. The first kappa shape index (κ1) is 14.6. The van der Waals surface area contributed by atoms with Gasteiger partial charge in [0.1, 0.15) is 0 Å². The normalized spacial score (nSPS) is 22.0. The highest BCUT2D eigenvalue weighted by atomic mass is 15.1. The first-order valence-electron chi connectivity index (χ1n) is 8.32. The van der Waals surface area contributed by atoms with Crippen LogP contribution in [0.25, 0.3) is 10.9 Å². The Morgan fingerprint density at radius 1 is 1.24 bits per heavy atom. The summed E-state index contributed by atoms with van der Waals surface area (Å²) in [6.07, 6.45) is 5.16. The van der Waals surface area contributed by atoms with E-state index >= 15 is 0 Å². The predicted molar refractivity (Wildman–Crippen MR) is 91.1 cm³/mol. The van der Waals surface area contributed by atoms with Gasteiger partial charge in [0.05, 0.1) is 0 Å². The van der Waals surface area contributed by atoms with Crippen LogP contribution in [0.15, 0.2) is 24.3 Å². The lowest BCUT2D eigenvalue weighted by molar-refractivity contribution is 0.289. The molecule has 2 aromatic rings. The van der Waals surface area contributed by atoms with Gasteiger partial charge in [0.2, 0.25) is 0 Å². The second kappa shape index (κ2) is 5.49. The molecule has 0 radical (unpaired) electrons. The van der Waals surface area contributed by atoms with E-state index < -0.39 is 0 Å². The van der Waals surface area contributed by atoms with Crippen molar-refractivity contribution in [3.8, 4) is 0 Å². The zero-order valence-corrected chi connectivity index (χ0v) is 13.9. The van der Waals surface area contributed by atoms with Crippen molar-refractivity contribution in [1.29, 1.82) is 0 Å². The fourth-order valence-corrected chi connectivity index (χ4v) is 4.13. The molecular formula is C19H28N2. The van der Waals surface area contributed by atoms with Crippen LogP contribution in [0.3, 0.4) is 0 Å². The lowest BCUT2D eigenvalue weighted by Crippen LogP contribution is -2.33. The number of benzene rings is 1. The summed E-state index contributed by atoms with van der Waals surface area (Å²) in [5, 5.41) is 1.49. The maximum atomic E-state index is 2.58. The van der Waals surface area contributed by atoms with Gasteiger partial charge in [-0.25, -0.2) is 0 Å². The Morgan fingerprint density at radius 2 is 2.00 bits per heavy atom. The Balaban J connectivity index is 2.16. The maximum Gasteiger partial charge on any atom is 0.0485 e. The van der Waals surface area contributed by atoms with Crippen LogP contribution in [0.4, 0.5) is 0 Å². The van der Waals surface area contributed by atoms with Crippen molar-refractivity contribution < 1.29 is 0 Å². The second-order valence-electron chi connectivity index (χ2n) is 7.06. The van der Waals surface area contributed by atoms with Gasteiger partial charge in [-0.3, -0.25) is 0 Å². The molecule has 2 heteroatoms. The van der Waals surface area contributed by atoms with E-state index in [-0.39, 0.29) is 0 Å². The molecule has 0 fully saturated rings. The largest absolute Gasteiger partial charge is 0.344 e. The molecule has 21 heavy (non-hydrogen) atoms. The maximum absolute atomic E-state index is 2.58. The molecule has 0 unspecified atom stereocenters. The Labute approximate surface area is 128 Å². The monoisotopic (exact) mass is 284 g/mol. The molecule has 0 saturated heterocycles. The van der Waals surface area contributed by atoms with Gasteiger partial charge in [-0.1, -0.05) is 25.1 Å². The van der Waals surface area contributed by atoms with Crippen LogP contribution in [-0.2, 0) is 18.4 Å². The van der Waals surface area contributed by atoms with Crippen molar-refractivity contribution in [2.24, 2.45) is 0 Å². The minimum Gasteiger partial charge on any atom is -0.344 e. The predicted octanol–water partition coefficient (Wildman–Crippen LogP) is 4.21. The van der Waals surface area contributed by atoms with Crippen LogP contribution >= 0.6 is 0 Å². The van der Waals surface area contributed by atoms with Crippen LogP contribution in [0.5, 0.6) is 0 Å². The quantitative estimate of drug-likeness (QED) is 0.816. The fraction of sp³-hybridized carbons (Fsp3) is 0.579. The second-order valence-corrected chi connectivity index (χ2v) is 7.06. The number of nitrogens with zero attached hydrogens (tertiary/aromatic N) is 2. The van der Waals surface area contributed by atoms with Gasteiger partial charge in [0.15, 0.2) is 0 Å². The van der Waals surface area contributed by atoms with E-state index in [2.05, 4.69) is 61.7 Å². The molecule has 1 aromatic carbocycles. The van der Waals surface area contributed by atoms with E-state index in [0.717, 1.165) is 6.54 Å². The molecule has 3 rings (SSSR count). The smallest absolute Gasteiger partial charge is 0.0485 e. The summed E-state index contributed by atoms with van der Waals surface area (Å²) in [5.41, 5.74) is 5.01. The molecule has 1 aliphatic carbocycles. The zero-order valence-electron chi connectivity index (χ0n) is 13.9. The Kier molecular flexibility index (Phi) is 3.83. The summed E-state index contributed by atoms with van der Waals surface area (Å²) in [4.78, 5) is 2.32. The molecule has 0 aliphatic heterocycles. The van der Waals surface area contributed by atoms with Crippen molar-refractivity contribution >= 4 is 10.9 Å². The summed E-state index contributed by atoms with van der Waals surface area (Å²) >= 11 is 0. The first-order valence-corrected chi connectivity index (χ1v) is 8.32. The van der Waals surface area contributed by atoms with Gasteiger partial charge in [0, 0.05) is 28.6 Å². The van der Waals surface area contributed by atoms with Crippen molar-refractivity contribution in [2.75, 3.05) is 20.6 Å². The molecule has 0 N–H and O–H groups in total. The van der Waals surface area contributed by atoms with Gasteiger partial charge >= 0.3 is 0 Å². The molecule has 0 saturated carbocycles. The van der Waals surface area contributed by atoms with Crippen molar-refractivity contribution in [2.45, 2.75) is 51.5 Å². The SMILES string of the molecule is CCn1c2c(c3ccccc31)CCC[C@@]2(C)CCN(C)C. The van der Waals surface area contributed by atoms with Gasteiger partial charge in [-0.15, -0.1) is 0 Å². The van der Waals surface area contributed by atoms with E-state index in [4.69, 9.17) is 0 Å². The Hall–Kier alpha value is -1.28. The van der Waals surface area contributed by atoms with Gasteiger partial charge in [-0.2, -0.15) is 0 Å². The van der Waals surface area contributed by atoms with E-state index in [0.29, 0.717) is 5.41 Å². The molecule has 2 nitrogen and oxygen atoms in total. The lowest BCUT2D eigenvalue weighted by atomic mass is 9.72. The molecular weight excluding hydrogens is 256 g/mol. The zero-order chi connectivity index (χ0) is 15.0. The third-order valence-corrected chi connectivity index (χ3v) is 5.23. The van der Waals surface area contributed by atoms with Crippen molar-refractivity contribution in [3.05, 3.63) is 35.5 Å². The average Bonchev–Trinajstić information content (AvgIpc) is 2.81. The van der Waals surface area contributed by atoms with E-state index in [9.17, 15) is 0 Å². The minimum atomic E-state index is 0.326. The average molecular weight is 284 g/mol. The molecule has 0 spiro atoms. The van der Waals surface area contributed by atoms with Crippen LogP contribution < -0.4 is 0 Å². The summed E-state index contributed by atoms with van der Waals surface area (Å²) in [6, 6.07) is 8.98. The van der Waals surface area contributed by atoms with Crippen molar-refractivity contribution in [1.82, 2.24) is 9.47 Å². The van der Waals surface area contributed by atoms with Crippen LogP contribution in [0, 0.1) is 0 Å². The molecule has 1 heterocycles. The number of hydrogen-bond donors (Lipinski definition) is 0. The Morgan fingerprint density at radius 3 is 2.71 bits per heavy atom. The number of aryl methyl sites for hydroxylation is 2. The van der Waals surface area contributed by atoms with Crippen LogP contribution in [-0.4, -0.2) is 30.1 Å². The van der Waals surface area contributed by atoms with Crippen LogP contribution in [0.2, 0.25) is 0 Å². The van der Waals surface area contributed by atoms with E-state index in [1.807, 2.05) is 0 Å². The number of fused-ring (bicyclic) bond motifs is 3. The molecule has 1 atom stereocenters. The fourth-order valence-electron chi connectivity index (χ4n) is 4.13. The number of rotatable bonds is 4. The Bertz CT molecular complexity index is 605. The lowest BCUT2D eigenvalue weighted by Gasteiger charge is -2.37.